The minimum atomic E-state index is -3.09. The van der Waals surface area contributed by atoms with Crippen molar-refractivity contribution in [2.45, 2.75) is 31.6 Å². The molecule has 0 aliphatic heterocycles. The number of aryl methyl sites for hydroxylation is 1. The number of sulfone groups is 1. The van der Waals surface area contributed by atoms with Gasteiger partial charge in [0.05, 0.1) is 11.3 Å². The highest BCUT2D eigenvalue weighted by Gasteiger charge is 2.29. The minimum Gasteiger partial charge on any atom is -0.337 e. The van der Waals surface area contributed by atoms with Crippen LogP contribution in [0.15, 0.2) is 12.4 Å². The van der Waals surface area contributed by atoms with E-state index in [2.05, 4.69) is 10.3 Å². The Labute approximate surface area is 103 Å². The fraction of sp³-hybridized carbons (Fsp3) is 0.727. The molecule has 1 aromatic heterocycles. The summed E-state index contributed by atoms with van der Waals surface area (Å²) in [4.78, 5) is 4.24. The third kappa shape index (κ3) is 3.54. The Bertz CT molecular complexity index is 453. The standard InChI is InChI=1S/C11H21N3O2S/c1-5-6-12-10(9(2)17(4,15)16)11-13-7-8-14(11)3/h7-10,12H,5-6H2,1-4H3. The van der Waals surface area contributed by atoms with Gasteiger partial charge in [0.25, 0.3) is 0 Å². The van der Waals surface area contributed by atoms with Gasteiger partial charge in [-0.05, 0) is 19.9 Å². The molecular weight excluding hydrogens is 238 g/mol. The fourth-order valence-electron chi connectivity index (χ4n) is 1.69. The van der Waals surface area contributed by atoms with Gasteiger partial charge in [0.1, 0.15) is 5.82 Å². The molecule has 0 aliphatic rings. The monoisotopic (exact) mass is 259 g/mol. The topological polar surface area (TPSA) is 64.0 Å². The smallest absolute Gasteiger partial charge is 0.152 e. The van der Waals surface area contributed by atoms with Crippen molar-refractivity contribution >= 4 is 9.84 Å². The van der Waals surface area contributed by atoms with Gasteiger partial charge in [-0.3, -0.25) is 0 Å². The highest BCUT2D eigenvalue weighted by atomic mass is 32.2. The third-order valence-corrected chi connectivity index (χ3v) is 4.52. The summed E-state index contributed by atoms with van der Waals surface area (Å²) >= 11 is 0. The summed E-state index contributed by atoms with van der Waals surface area (Å²) in [6.45, 7) is 4.54. The molecule has 0 spiro atoms. The van der Waals surface area contributed by atoms with Crippen molar-refractivity contribution in [3.8, 4) is 0 Å². The molecule has 0 radical (unpaired) electrons. The van der Waals surface area contributed by atoms with E-state index < -0.39 is 15.1 Å². The first-order chi connectivity index (χ1) is 7.88. The molecule has 1 N–H and O–H groups in total. The quantitative estimate of drug-likeness (QED) is 0.824. The van der Waals surface area contributed by atoms with Crippen LogP contribution in [0.1, 0.15) is 32.1 Å². The van der Waals surface area contributed by atoms with Crippen molar-refractivity contribution in [3.05, 3.63) is 18.2 Å². The zero-order valence-electron chi connectivity index (χ0n) is 10.8. The van der Waals surface area contributed by atoms with Gasteiger partial charge in [-0.1, -0.05) is 6.92 Å². The molecule has 0 bridgehead atoms. The number of hydrogen-bond donors (Lipinski definition) is 1. The van der Waals surface area contributed by atoms with Crippen LogP contribution in [0.5, 0.6) is 0 Å². The lowest BCUT2D eigenvalue weighted by Gasteiger charge is -2.23. The van der Waals surface area contributed by atoms with Crippen LogP contribution in [-0.2, 0) is 16.9 Å². The van der Waals surface area contributed by atoms with Crippen molar-refractivity contribution in [2.24, 2.45) is 7.05 Å². The molecule has 2 unspecified atom stereocenters. The van der Waals surface area contributed by atoms with Gasteiger partial charge in [0.15, 0.2) is 9.84 Å². The molecule has 5 nitrogen and oxygen atoms in total. The Kier molecular flexibility index (Phi) is 4.70. The number of imidazole rings is 1. The van der Waals surface area contributed by atoms with Gasteiger partial charge in [0.2, 0.25) is 0 Å². The predicted molar refractivity (Wildman–Crippen MR) is 68.5 cm³/mol. The number of nitrogens with one attached hydrogen (secondary N) is 1. The Morgan fingerprint density at radius 2 is 2.18 bits per heavy atom. The molecule has 2 atom stereocenters. The van der Waals surface area contributed by atoms with Gasteiger partial charge >= 0.3 is 0 Å². The normalized spacial score (nSPS) is 15.8. The Morgan fingerprint density at radius 3 is 2.59 bits per heavy atom. The molecule has 1 aromatic rings. The van der Waals surface area contributed by atoms with E-state index in [1.54, 1.807) is 13.1 Å². The Balaban J connectivity index is 3.00. The molecule has 0 saturated carbocycles. The maximum atomic E-state index is 11.7. The number of hydrogen-bond acceptors (Lipinski definition) is 4. The zero-order chi connectivity index (χ0) is 13.1. The van der Waals surface area contributed by atoms with Gasteiger partial charge in [0, 0.05) is 25.7 Å². The molecule has 0 aliphatic carbocycles. The number of aromatic nitrogens is 2. The van der Waals surface area contributed by atoms with Gasteiger partial charge < -0.3 is 9.88 Å². The van der Waals surface area contributed by atoms with Crippen LogP contribution in [0.25, 0.3) is 0 Å². The van der Waals surface area contributed by atoms with Crippen molar-refractivity contribution in [1.82, 2.24) is 14.9 Å². The largest absolute Gasteiger partial charge is 0.337 e. The number of nitrogens with zero attached hydrogens (tertiary/aromatic N) is 2. The fourth-order valence-corrected chi connectivity index (χ4v) is 2.40. The second kappa shape index (κ2) is 5.64. The average molecular weight is 259 g/mol. The molecular formula is C11H21N3O2S. The summed E-state index contributed by atoms with van der Waals surface area (Å²) in [5.74, 6) is 0.761. The van der Waals surface area contributed by atoms with Crippen molar-refractivity contribution in [3.63, 3.8) is 0 Å². The van der Waals surface area contributed by atoms with Gasteiger partial charge in [-0.25, -0.2) is 13.4 Å². The van der Waals surface area contributed by atoms with E-state index in [1.165, 1.54) is 6.26 Å². The van der Waals surface area contributed by atoms with E-state index in [0.29, 0.717) is 0 Å². The van der Waals surface area contributed by atoms with Crippen molar-refractivity contribution in [2.75, 3.05) is 12.8 Å². The van der Waals surface area contributed by atoms with E-state index in [9.17, 15) is 8.42 Å². The maximum Gasteiger partial charge on any atom is 0.152 e. The van der Waals surface area contributed by atoms with E-state index in [0.717, 1.165) is 18.8 Å². The summed E-state index contributed by atoms with van der Waals surface area (Å²) in [5.41, 5.74) is 0. The molecule has 1 rings (SSSR count). The lowest BCUT2D eigenvalue weighted by Crippen LogP contribution is -2.37. The summed E-state index contributed by atoms with van der Waals surface area (Å²) in [5, 5.41) is 2.77. The average Bonchev–Trinajstić information content (AvgIpc) is 2.64. The molecule has 0 aromatic carbocycles. The highest BCUT2D eigenvalue weighted by Crippen LogP contribution is 2.19. The third-order valence-electron chi connectivity index (χ3n) is 2.90. The molecule has 6 heteroatoms. The van der Waals surface area contributed by atoms with E-state index in [4.69, 9.17) is 0 Å². The lowest BCUT2D eigenvalue weighted by molar-refractivity contribution is 0.471. The highest BCUT2D eigenvalue weighted by molar-refractivity contribution is 7.91. The van der Waals surface area contributed by atoms with E-state index in [1.807, 2.05) is 24.7 Å². The maximum absolute atomic E-state index is 11.7. The SMILES string of the molecule is CCCNC(c1nccn1C)C(C)S(C)(=O)=O. The van der Waals surface area contributed by atoms with Gasteiger partial charge in [-0.2, -0.15) is 0 Å². The van der Waals surface area contributed by atoms with Crippen molar-refractivity contribution in [1.29, 1.82) is 0 Å². The first-order valence-corrected chi connectivity index (χ1v) is 7.72. The molecule has 0 amide bonds. The van der Waals surface area contributed by atoms with Crippen molar-refractivity contribution < 1.29 is 8.42 Å². The summed E-state index contributed by atoms with van der Waals surface area (Å²) in [6.07, 6.45) is 5.73. The van der Waals surface area contributed by atoms with E-state index in [-0.39, 0.29) is 6.04 Å². The second-order valence-corrected chi connectivity index (χ2v) is 6.77. The lowest BCUT2D eigenvalue weighted by atomic mass is 10.2. The van der Waals surface area contributed by atoms with Crippen LogP contribution in [0.4, 0.5) is 0 Å². The molecule has 17 heavy (non-hydrogen) atoms. The first-order valence-electron chi connectivity index (χ1n) is 5.77. The van der Waals surface area contributed by atoms with Crippen LogP contribution in [0.3, 0.4) is 0 Å². The van der Waals surface area contributed by atoms with Crippen LogP contribution >= 0.6 is 0 Å². The van der Waals surface area contributed by atoms with Crippen LogP contribution < -0.4 is 5.32 Å². The first kappa shape index (κ1) is 14.2. The summed E-state index contributed by atoms with van der Waals surface area (Å²) < 4.78 is 25.2. The zero-order valence-corrected chi connectivity index (χ0v) is 11.7. The molecule has 1 heterocycles. The number of rotatable bonds is 6. The Morgan fingerprint density at radius 1 is 1.53 bits per heavy atom. The molecule has 0 saturated heterocycles. The molecule has 98 valence electrons. The van der Waals surface area contributed by atoms with Crippen LogP contribution in [-0.4, -0.2) is 36.0 Å². The minimum absolute atomic E-state index is 0.259. The predicted octanol–water partition coefficient (Wildman–Crippen LogP) is 0.894. The summed E-state index contributed by atoms with van der Waals surface area (Å²) in [7, 11) is -1.22. The molecule has 0 fully saturated rings. The Hall–Kier alpha value is -0.880. The second-order valence-electron chi connectivity index (χ2n) is 4.36. The van der Waals surface area contributed by atoms with Crippen LogP contribution in [0, 0.1) is 0 Å². The summed E-state index contributed by atoms with van der Waals surface area (Å²) in [6, 6.07) is -0.259. The van der Waals surface area contributed by atoms with Gasteiger partial charge in [-0.15, -0.1) is 0 Å². The van der Waals surface area contributed by atoms with E-state index >= 15 is 0 Å². The van der Waals surface area contributed by atoms with Crippen LogP contribution in [0.2, 0.25) is 0 Å².